The van der Waals surface area contributed by atoms with Crippen molar-refractivity contribution in [3.05, 3.63) is 112 Å². The second-order valence-electron chi connectivity index (χ2n) is 10.3. The van der Waals surface area contributed by atoms with E-state index in [2.05, 4.69) is 92.6 Å². The minimum atomic E-state index is -0.663. The van der Waals surface area contributed by atoms with Crippen molar-refractivity contribution in [3.8, 4) is 16.9 Å². The Hall–Kier alpha value is -3.85. The molecule has 42 heavy (non-hydrogen) atoms. The number of aromatic hydroxyl groups is 1. The molecule has 7 nitrogen and oxygen atoms in total. The van der Waals surface area contributed by atoms with Crippen LogP contribution in [0.5, 0.6) is 5.88 Å². The number of fused-ring (bicyclic) bond motifs is 3. The normalized spacial score (nSPS) is 16.7. The fourth-order valence-electron chi connectivity index (χ4n) is 6.00. The molecule has 216 valence electrons. The Kier molecular flexibility index (Phi) is 9.47. The van der Waals surface area contributed by atoms with Crippen molar-refractivity contribution in [2.24, 2.45) is 0 Å². The number of thioether (sulfide) groups is 1. The van der Waals surface area contributed by atoms with Crippen molar-refractivity contribution in [2.45, 2.75) is 56.1 Å². The van der Waals surface area contributed by atoms with E-state index < -0.39 is 5.60 Å². The molecule has 0 saturated carbocycles. The van der Waals surface area contributed by atoms with Crippen molar-refractivity contribution in [3.63, 3.8) is 0 Å². The molecule has 4 aromatic rings. The van der Waals surface area contributed by atoms with Gasteiger partial charge in [0.25, 0.3) is 0 Å². The van der Waals surface area contributed by atoms with Crippen LogP contribution in [-0.2, 0) is 58.9 Å². The summed E-state index contributed by atoms with van der Waals surface area (Å²) in [6, 6.07) is 27.6. The van der Waals surface area contributed by atoms with E-state index in [-0.39, 0.29) is 12.5 Å². The number of hydrogen-bond acceptors (Lipinski definition) is 8. The summed E-state index contributed by atoms with van der Waals surface area (Å²) in [5.41, 5.74) is 6.89. The quantitative estimate of drug-likeness (QED) is 0.151. The molecular weight excluding hydrogens is 594 g/mol. The van der Waals surface area contributed by atoms with Crippen molar-refractivity contribution < 1.29 is 25.9 Å². The van der Waals surface area contributed by atoms with Crippen LogP contribution in [0.2, 0.25) is 0 Å². The van der Waals surface area contributed by atoms with Crippen LogP contribution in [0.25, 0.3) is 0 Å². The van der Waals surface area contributed by atoms with Gasteiger partial charge in [0, 0.05) is 25.1 Å². The maximum atomic E-state index is 10.7. The van der Waals surface area contributed by atoms with Gasteiger partial charge in [-0.2, -0.15) is 10.2 Å². The first-order chi connectivity index (χ1) is 20.5. The summed E-state index contributed by atoms with van der Waals surface area (Å²) >= 11 is 5.22. The molecule has 2 aliphatic rings. The maximum absolute atomic E-state index is 10.7. The molecule has 2 heterocycles. The molecule has 1 N–H and O–H groups in total. The predicted octanol–water partition coefficient (Wildman–Crippen LogP) is 6.30. The molecular formula is C33H30CuN5O2S. The summed E-state index contributed by atoms with van der Waals surface area (Å²) in [4.78, 5) is 12.6. The Balaban J connectivity index is 0.00000113. The Morgan fingerprint density at radius 1 is 1.00 bits per heavy atom. The molecule has 9 heteroatoms. The Bertz CT molecular complexity index is 1600. The first kappa shape index (κ1) is 29.6. The van der Waals surface area contributed by atoms with E-state index >= 15 is 0 Å². The number of hydrogen-bond donors (Lipinski definition) is 1. The number of rotatable bonds is 6. The Labute approximate surface area is 259 Å². The predicted molar refractivity (Wildman–Crippen MR) is 158 cm³/mol. The standard InChI is InChI=1S/C32H30N4O2S.CN.Cu/c1-39-31-34-27-17-32(38-21-26(27)30(37)35-31)16-8-13-24-14-15-28(25(18-33)29(24)32)36(19-22-9-4-2-5-10-22)20-23-11-6-3-7-12-23;1-2;/h2-7,9-12,14-15H,8,13,16-17,19-21H2,1H3,(H,34,35,37);;/t32-;;/m0../s1. The van der Waals surface area contributed by atoms with E-state index in [1.807, 2.05) is 18.4 Å². The number of ether oxygens (including phenoxy) is 1. The zero-order valence-corrected chi connectivity index (χ0v) is 24.9. The van der Waals surface area contributed by atoms with Crippen LogP contribution in [0.3, 0.4) is 0 Å². The molecule has 3 aromatic carbocycles. The summed E-state index contributed by atoms with van der Waals surface area (Å²) in [5, 5.41) is 28.9. The summed E-state index contributed by atoms with van der Waals surface area (Å²) in [7, 11) is 0. The molecule has 1 aliphatic carbocycles. The van der Waals surface area contributed by atoms with Crippen LogP contribution in [0, 0.1) is 21.6 Å². The van der Waals surface area contributed by atoms with Gasteiger partial charge in [0.05, 0.1) is 29.1 Å². The zero-order valence-electron chi connectivity index (χ0n) is 23.2. The third kappa shape index (κ3) is 6.16. The first-order valence-electron chi connectivity index (χ1n) is 13.6. The molecule has 0 bridgehead atoms. The average Bonchev–Trinajstić information content (AvgIpc) is 3.01. The summed E-state index contributed by atoms with van der Waals surface area (Å²) in [6.45, 7) is 1.58. The molecule has 0 fully saturated rings. The average molecular weight is 624 g/mol. The molecule has 0 amide bonds. The number of anilines is 1. The SMILES string of the molecule is CSc1nc(O)c2c(n1)C[C@]1(CCCc3ccc(N(Cc4ccccc4)Cc4ccccc4)c(C#N)c31)OC2.N#[C][Cu]. The monoisotopic (exact) mass is 623 g/mol. The fourth-order valence-corrected chi connectivity index (χ4v) is 6.38. The second-order valence-corrected chi connectivity index (χ2v) is 11.3. The molecule has 0 radical (unpaired) electrons. The van der Waals surface area contributed by atoms with Gasteiger partial charge in [0.1, 0.15) is 11.7 Å². The number of benzene rings is 3. The third-order valence-corrected chi connectivity index (χ3v) is 8.36. The first-order valence-corrected chi connectivity index (χ1v) is 15.3. The van der Waals surface area contributed by atoms with Crippen LogP contribution >= 0.6 is 11.8 Å². The zero-order chi connectivity index (χ0) is 29.5. The van der Waals surface area contributed by atoms with Crippen LogP contribution < -0.4 is 4.90 Å². The number of aromatic nitrogens is 2. The molecule has 1 spiro atoms. The Morgan fingerprint density at radius 2 is 1.64 bits per heavy atom. The van der Waals surface area contributed by atoms with Crippen molar-refractivity contribution in [1.29, 1.82) is 10.5 Å². The molecule has 1 atom stereocenters. The van der Waals surface area contributed by atoms with Gasteiger partial charge < -0.3 is 14.7 Å². The van der Waals surface area contributed by atoms with Gasteiger partial charge in [-0.3, -0.25) is 0 Å². The van der Waals surface area contributed by atoms with Crippen LogP contribution in [0.15, 0.2) is 78.0 Å². The van der Waals surface area contributed by atoms with Gasteiger partial charge in [0.15, 0.2) is 5.16 Å². The van der Waals surface area contributed by atoms with Crippen molar-refractivity contribution >= 4 is 17.4 Å². The van der Waals surface area contributed by atoms with Gasteiger partial charge in [-0.15, -0.1) is 0 Å². The van der Waals surface area contributed by atoms with Crippen LogP contribution in [-0.4, -0.2) is 21.3 Å². The van der Waals surface area contributed by atoms with Crippen LogP contribution in [0.1, 0.15) is 51.9 Å². The molecule has 1 aliphatic heterocycles. The number of nitriles is 2. The van der Waals surface area contributed by atoms with Gasteiger partial charge >= 0.3 is 26.2 Å². The van der Waals surface area contributed by atoms with E-state index in [0.29, 0.717) is 35.8 Å². The minimum absolute atomic E-state index is 0.0126. The van der Waals surface area contributed by atoms with Gasteiger partial charge in [-0.05, 0) is 48.3 Å². The molecule has 0 unspecified atom stereocenters. The van der Waals surface area contributed by atoms with E-state index in [0.717, 1.165) is 41.8 Å². The van der Waals surface area contributed by atoms with E-state index in [9.17, 15) is 10.4 Å². The second kappa shape index (κ2) is 13.4. The summed E-state index contributed by atoms with van der Waals surface area (Å²) in [6.07, 6.45) is 5.09. The van der Waals surface area contributed by atoms with Gasteiger partial charge in [0.2, 0.25) is 5.88 Å². The number of aryl methyl sites for hydroxylation is 1. The van der Waals surface area contributed by atoms with Crippen molar-refractivity contribution in [1.82, 2.24) is 9.97 Å². The summed E-state index contributed by atoms with van der Waals surface area (Å²) in [5.74, 6) is -0.0126. The fraction of sp³-hybridized carbons (Fsp3) is 0.273. The van der Waals surface area contributed by atoms with Gasteiger partial charge in [-0.1, -0.05) is 78.5 Å². The van der Waals surface area contributed by atoms with Crippen LogP contribution in [0.4, 0.5) is 5.69 Å². The third-order valence-electron chi connectivity index (χ3n) is 7.82. The van der Waals surface area contributed by atoms with Gasteiger partial charge in [-0.25, -0.2) is 4.98 Å². The molecule has 6 rings (SSSR count). The Morgan fingerprint density at radius 3 is 2.24 bits per heavy atom. The summed E-state index contributed by atoms with van der Waals surface area (Å²) < 4.78 is 6.61. The topological polar surface area (TPSA) is 106 Å². The van der Waals surface area contributed by atoms with Crippen molar-refractivity contribution in [2.75, 3.05) is 11.2 Å². The molecule has 1 aromatic heterocycles. The number of nitrogens with zero attached hydrogens (tertiary/aromatic N) is 5. The van der Waals surface area contributed by atoms with E-state index in [1.165, 1.54) is 27.9 Å². The van der Waals surface area contributed by atoms with E-state index in [1.54, 1.807) is 0 Å². The van der Waals surface area contributed by atoms with E-state index in [4.69, 9.17) is 15.0 Å². The molecule has 0 saturated heterocycles.